The normalized spacial score (nSPS) is 30.9. The maximum Gasteiger partial charge on any atom is 0.217 e. The molecule has 0 spiro atoms. The molecule has 3 aromatic rings. The molecule has 5 rings (SSSR count). The minimum Gasteiger partial charge on any atom is -0.394 e. The molecule has 12 nitrogen and oxygen atoms in total. The van der Waals surface area contributed by atoms with E-state index < -0.39 is 73.9 Å². The number of amides is 1. The first kappa shape index (κ1) is 35.0. The fraction of sp³-hybridized carbons (Fsp3) is 0.457. The van der Waals surface area contributed by atoms with Crippen LogP contribution in [-0.2, 0) is 53.0 Å². The largest absolute Gasteiger partial charge is 0.394 e. The second-order valence-corrected chi connectivity index (χ2v) is 11.6. The van der Waals surface area contributed by atoms with Gasteiger partial charge in [0.2, 0.25) is 5.91 Å². The van der Waals surface area contributed by atoms with Gasteiger partial charge in [0.15, 0.2) is 12.6 Å². The van der Waals surface area contributed by atoms with Crippen LogP contribution in [-0.4, -0.2) is 101 Å². The van der Waals surface area contributed by atoms with Gasteiger partial charge in [0.1, 0.15) is 48.8 Å². The summed E-state index contributed by atoms with van der Waals surface area (Å²) < 4.78 is 37.0. The number of hydrogen-bond acceptors (Lipinski definition) is 11. The summed E-state index contributed by atoms with van der Waals surface area (Å²) in [5.41, 5.74) is 2.69. The maximum absolute atomic E-state index is 11.9. The van der Waals surface area contributed by atoms with Gasteiger partial charge in [-0.15, -0.1) is 0 Å². The lowest BCUT2D eigenvalue weighted by atomic mass is 9.96. The van der Waals surface area contributed by atoms with Crippen molar-refractivity contribution in [2.24, 2.45) is 0 Å². The van der Waals surface area contributed by atoms with Crippen LogP contribution in [0.1, 0.15) is 23.6 Å². The SMILES string of the molecule is CC(=O)N[C@H]1[C@H](OC[C@H]2O[C@@H](O)[C@H](OCc3ccccc3)[C@@H](OCc3ccccc3)[C@@H]2OCc2ccccc2)O[C@H](CO)[C@H](O)[C@@H]1O. The van der Waals surface area contributed by atoms with Crippen LogP contribution in [0.3, 0.4) is 0 Å². The van der Waals surface area contributed by atoms with Crippen molar-refractivity contribution in [2.45, 2.75) is 88.1 Å². The van der Waals surface area contributed by atoms with Crippen molar-refractivity contribution >= 4 is 5.91 Å². The Morgan fingerprint density at radius 1 is 0.660 bits per heavy atom. The molecular weight excluding hydrogens is 610 g/mol. The van der Waals surface area contributed by atoms with E-state index in [0.717, 1.165) is 16.7 Å². The molecule has 1 amide bonds. The first-order valence-corrected chi connectivity index (χ1v) is 15.6. The van der Waals surface area contributed by atoms with Gasteiger partial charge in [0, 0.05) is 6.92 Å². The van der Waals surface area contributed by atoms with Gasteiger partial charge in [-0.3, -0.25) is 4.79 Å². The molecule has 3 aromatic carbocycles. The van der Waals surface area contributed by atoms with Gasteiger partial charge in [-0.25, -0.2) is 0 Å². The minimum atomic E-state index is -1.49. The number of ether oxygens (including phenoxy) is 6. The first-order chi connectivity index (χ1) is 22.8. The van der Waals surface area contributed by atoms with Crippen LogP contribution in [0.15, 0.2) is 91.0 Å². The Kier molecular flexibility index (Phi) is 12.8. The van der Waals surface area contributed by atoms with E-state index in [2.05, 4.69) is 5.32 Å². The van der Waals surface area contributed by atoms with Gasteiger partial charge in [-0.2, -0.15) is 0 Å². The Bertz CT molecular complexity index is 1350. The standard InChI is InChI=1S/C35H43NO11/c1-22(38)36-28-30(40)29(39)26(17-37)47-35(28)45-21-27-31(42-18-23-11-5-2-6-12-23)32(43-19-24-13-7-3-8-14-24)33(34(41)46-27)44-20-25-15-9-4-10-16-25/h2-16,26-35,37,39-41H,17-21H2,1H3,(H,36,38)/t26-,27-,28-,29+,30-,31-,32+,33-,34-,35-/m1/s1. The van der Waals surface area contributed by atoms with Gasteiger partial charge in [0.25, 0.3) is 0 Å². The van der Waals surface area contributed by atoms with Gasteiger partial charge in [-0.05, 0) is 16.7 Å². The lowest BCUT2D eigenvalue weighted by Gasteiger charge is -2.46. The van der Waals surface area contributed by atoms with Crippen LogP contribution in [0.25, 0.3) is 0 Å². The second-order valence-electron chi connectivity index (χ2n) is 11.6. The summed E-state index contributed by atoms with van der Waals surface area (Å²) in [6.45, 7) is 0.981. The molecule has 0 aliphatic carbocycles. The molecule has 10 atom stereocenters. The fourth-order valence-corrected chi connectivity index (χ4v) is 5.70. The number of aliphatic hydroxyl groups excluding tert-OH is 4. The number of nitrogens with one attached hydrogen (secondary N) is 1. The third-order valence-electron chi connectivity index (χ3n) is 8.14. The fourth-order valence-electron chi connectivity index (χ4n) is 5.70. The van der Waals surface area contributed by atoms with E-state index in [1.54, 1.807) is 0 Å². The Morgan fingerprint density at radius 2 is 1.15 bits per heavy atom. The quantitative estimate of drug-likeness (QED) is 0.171. The Labute approximate surface area is 273 Å². The van der Waals surface area contributed by atoms with E-state index in [4.69, 9.17) is 28.4 Å². The van der Waals surface area contributed by atoms with Crippen LogP contribution < -0.4 is 5.32 Å². The second kappa shape index (κ2) is 17.2. The molecule has 2 fully saturated rings. The first-order valence-electron chi connectivity index (χ1n) is 15.6. The summed E-state index contributed by atoms with van der Waals surface area (Å²) in [5.74, 6) is -0.484. The highest BCUT2D eigenvalue weighted by molar-refractivity contribution is 5.73. The molecule has 0 aromatic heterocycles. The maximum atomic E-state index is 11.9. The lowest BCUT2D eigenvalue weighted by molar-refractivity contribution is -0.330. The Hall–Kier alpha value is -3.27. The van der Waals surface area contributed by atoms with Gasteiger partial charge >= 0.3 is 0 Å². The number of hydrogen-bond donors (Lipinski definition) is 5. The summed E-state index contributed by atoms with van der Waals surface area (Å²) in [5, 5.41) is 44.8. The predicted molar refractivity (Wildman–Crippen MR) is 167 cm³/mol. The molecule has 47 heavy (non-hydrogen) atoms. The molecule has 0 unspecified atom stereocenters. The number of aliphatic hydroxyl groups is 4. The monoisotopic (exact) mass is 653 g/mol. The summed E-state index contributed by atoms with van der Waals surface area (Å²) >= 11 is 0. The van der Waals surface area contributed by atoms with Crippen LogP contribution in [0, 0.1) is 0 Å². The van der Waals surface area contributed by atoms with Crippen molar-refractivity contribution < 1.29 is 53.6 Å². The van der Waals surface area contributed by atoms with Crippen LogP contribution >= 0.6 is 0 Å². The highest BCUT2D eigenvalue weighted by Gasteiger charge is 2.50. The number of carbonyl (C=O) groups excluding carboxylic acids is 1. The molecule has 2 saturated heterocycles. The smallest absolute Gasteiger partial charge is 0.217 e. The number of carbonyl (C=O) groups is 1. The van der Waals surface area contributed by atoms with Crippen molar-refractivity contribution in [1.82, 2.24) is 5.32 Å². The van der Waals surface area contributed by atoms with E-state index in [-0.39, 0.29) is 26.4 Å². The third kappa shape index (κ3) is 9.42. The van der Waals surface area contributed by atoms with Crippen molar-refractivity contribution in [3.05, 3.63) is 108 Å². The Balaban J connectivity index is 1.40. The highest BCUT2D eigenvalue weighted by atomic mass is 16.7. The molecule has 5 N–H and O–H groups in total. The molecule has 0 saturated carbocycles. The average molecular weight is 654 g/mol. The zero-order valence-electron chi connectivity index (χ0n) is 26.1. The van der Waals surface area contributed by atoms with Gasteiger partial charge < -0.3 is 54.2 Å². The van der Waals surface area contributed by atoms with Crippen LogP contribution in [0.2, 0.25) is 0 Å². The zero-order valence-corrected chi connectivity index (χ0v) is 26.1. The molecule has 2 heterocycles. The lowest BCUT2D eigenvalue weighted by Crippen LogP contribution is -2.65. The summed E-state index contributed by atoms with van der Waals surface area (Å²) in [4.78, 5) is 11.9. The summed E-state index contributed by atoms with van der Waals surface area (Å²) in [7, 11) is 0. The molecule has 2 aliphatic heterocycles. The van der Waals surface area contributed by atoms with Gasteiger partial charge in [0.05, 0.1) is 33.0 Å². The molecule has 0 radical (unpaired) electrons. The van der Waals surface area contributed by atoms with Gasteiger partial charge in [-0.1, -0.05) is 91.0 Å². The van der Waals surface area contributed by atoms with Crippen molar-refractivity contribution in [2.75, 3.05) is 13.2 Å². The molecule has 254 valence electrons. The Morgan fingerprint density at radius 3 is 1.64 bits per heavy atom. The number of rotatable bonds is 14. The van der Waals surface area contributed by atoms with Crippen LogP contribution in [0.5, 0.6) is 0 Å². The third-order valence-corrected chi connectivity index (χ3v) is 8.14. The number of benzene rings is 3. The average Bonchev–Trinajstić information content (AvgIpc) is 3.09. The van der Waals surface area contributed by atoms with Crippen molar-refractivity contribution in [3.8, 4) is 0 Å². The van der Waals surface area contributed by atoms with E-state index >= 15 is 0 Å². The topological polar surface area (TPSA) is 165 Å². The van der Waals surface area contributed by atoms with E-state index in [1.165, 1.54) is 6.92 Å². The molecular formula is C35H43NO11. The molecule has 0 bridgehead atoms. The minimum absolute atomic E-state index is 0.181. The highest BCUT2D eigenvalue weighted by Crippen LogP contribution is 2.31. The van der Waals surface area contributed by atoms with Crippen molar-refractivity contribution in [3.63, 3.8) is 0 Å². The predicted octanol–water partition coefficient (Wildman–Crippen LogP) is 1.42. The molecule has 2 aliphatic rings. The summed E-state index contributed by atoms with van der Waals surface area (Å²) in [6, 6.07) is 27.5. The van der Waals surface area contributed by atoms with E-state index in [9.17, 15) is 25.2 Å². The van der Waals surface area contributed by atoms with Crippen molar-refractivity contribution in [1.29, 1.82) is 0 Å². The van der Waals surface area contributed by atoms with E-state index in [1.807, 2.05) is 91.0 Å². The molecule has 12 heteroatoms. The van der Waals surface area contributed by atoms with Crippen LogP contribution in [0.4, 0.5) is 0 Å². The van der Waals surface area contributed by atoms with E-state index in [0.29, 0.717) is 0 Å². The summed E-state index contributed by atoms with van der Waals surface area (Å²) in [6.07, 6.45) is -10.4. The zero-order chi connectivity index (χ0) is 33.2.